The first kappa shape index (κ1) is 11.6. The number of hydrogen-bond acceptors (Lipinski definition) is 0. The van der Waals surface area contributed by atoms with Crippen LogP contribution in [0.3, 0.4) is 0 Å². The van der Waals surface area contributed by atoms with E-state index in [0.717, 1.165) is 0 Å². The maximum Gasteiger partial charge on any atom is 0.389 e. The van der Waals surface area contributed by atoms with Crippen molar-refractivity contribution in [1.82, 2.24) is 0 Å². The molecule has 0 aromatic rings. The fourth-order valence-electron chi connectivity index (χ4n) is 0.663. The Morgan fingerprint density at radius 1 is 1.08 bits per heavy atom. The molecule has 0 saturated heterocycles. The molecule has 0 fully saturated rings. The average Bonchev–Trinajstić information content (AvgIpc) is 1.97. The molecule has 0 rings (SSSR count). The SMILES string of the molecule is [CH2]CC(F)[C@@H](F)CCC(F)(F)F. The van der Waals surface area contributed by atoms with Crippen LogP contribution in [0.2, 0.25) is 0 Å². The van der Waals surface area contributed by atoms with Gasteiger partial charge in [0, 0.05) is 6.42 Å². The second kappa shape index (κ2) is 4.62. The lowest BCUT2D eigenvalue weighted by atomic mass is 10.1. The lowest BCUT2D eigenvalue weighted by Crippen LogP contribution is -2.19. The normalized spacial score (nSPS) is 17.5. The molecule has 0 aliphatic rings. The fraction of sp³-hybridized carbons (Fsp3) is 0.857. The van der Waals surface area contributed by atoms with Crippen LogP contribution in [0.4, 0.5) is 22.0 Å². The first-order valence-corrected chi connectivity index (χ1v) is 3.51. The van der Waals surface area contributed by atoms with Gasteiger partial charge in [-0.1, -0.05) is 6.92 Å². The largest absolute Gasteiger partial charge is 0.389 e. The summed E-state index contributed by atoms with van der Waals surface area (Å²) in [6.07, 6.45) is -10.8. The van der Waals surface area contributed by atoms with Crippen LogP contribution in [0.15, 0.2) is 0 Å². The second-order valence-corrected chi connectivity index (χ2v) is 2.47. The molecule has 0 spiro atoms. The van der Waals surface area contributed by atoms with Crippen molar-refractivity contribution in [1.29, 1.82) is 0 Å². The Hall–Kier alpha value is -0.350. The van der Waals surface area contributed by atoms with Gasteiger partial charge < -0.3 is 0 Å². The lowest BCUT2D eigenvalue weighted by molar-refractivity contribution is -0.139. The van der Waals surface area contributed by atoms with Crippen molar-refractivity contribution in [2.45, 2.75) is 37.8 Å². The summed E-state index contributed by atoms with van der Waals surface area (Å²) < 4.78 is 59.1. The zero-order valence-corrected chi connectivity index (χ0v) is 6.37. The summed E-state index contributed by atoms with van der Waals surface area (Å²) in [5, 5.41) is 0. The molecular formula is C7H10F5. The van der Waals surface area contributed by atoms with Crippen molar-refractivity contribution in [3.8, 4) is 0 Å². The van der Waals surface area contributed by atoms with Crippen molar-refractivity contribution in [3.63, 3.8) is 0 Å². The minimum absolute atomic E-state index is 0.334. The van der Waals surface area contributed by atoms with E-state index < -0.39 is 31.4 Å². The van der Waals surface area contributed by atoms with Crippen molar-refractivity contribution < 1.29 is 22.0 Å². The predicted molar refractivity (Wildman–Crippen MR) is 35.1 cm³/mol. The van der Waals surface area contributed by atoms with Crippen molar-refractivity contribution in [2.75, 3.05) is 0 Å². The van der Waals surface area contributed by atoms with Crippen LogP contribution in [0.5, 0.6) is 0 Å². The van der Waals surface area contributed by atoms with E-state index in [0.29, 0.717) is 0 Å². The summed E-state index contributed by atoms with van der Waals surface area (Å²) in [6.45, 7) is 3.05. The predicted octanol–water partition coefficient (Wildman–Crippen LogP) is 3.23. The molecule has 2 atom stereocenters. The van der Waals surface area contributed by atoms with Gasteiger partial charge in [0.15, 0.2) is 0 Å². The molecule has 0 aliphatic carbocycles. The number of rotatable bonds is 4. The van der Waals surface area contributed by atoms with Crippen LogP contribution in [0, 0.1) is 6.92 Å². The fourth-order valence-corrected chi connectivity index (χ4v) is 0.663. The van der Waals surface area contributed by atoms with E-state index in [2.05, 4.69) is 6.92 Å². The van der Waals surface area contributed by atoms with Crippen molar-refractivity contribution >= 4 is 0 Å². The highest BCUT2D eigenvalue weighted by Crippen LogP contribution is 2.25. The summed E-state index contributed by atoms with van der Waals surface area (Å²) >= 11 is 0. The van der Waals surface area contributed by atoms with Crippen LogP contribution in [-0.4, -0.2) is 18.5 Å². The summed E-state index contributed by atoms with van der Waals surface area (Å²) in [4.78, 5) is 0. The Bertz CT molecular complexity index is 119. The van der Waals surface area contributed by atoms with Gasteiger partial charge in [0.25, 0.3) is 0 Å². The summed E-state index contributed by atoms with van der Waals surface area (Å²) in [7, 11) is 0. The van der Waals surface area contributed by atoms with Crippen LogP contribution in [0.25, 0.3) is 0 Å². The third-order valence-corrected chi connectivity index (χ3v) is 1.37. The molecule has 0 heterocycles. The molecule has 0 N–H and O–H groups in total. The van der Waals surface area contributed by atoms with E-state index >= 15 is 0 Å². The van der Waals surface area contributed by atoms with Crippen LogP contribution in [0.1, 0.15) is 19.3 Å². The smallest absolute Gasteiger partial charge is 0.244 e. The van der Waals surface area contributed by atoms with Gasteiger partial charge in [-0.2, -0.15) is 13.2 Å². The molecule has 0 saturated carbocycles. The molecule has 73 valence electrons. The highest BCUT2D eigenvalue weighted by Gasteiger charge is 2.30. The Labute approximate surface area is 67.8 Å². The van der Waals surface area contributed by atoms with E-state index in [-0.39, 0.29) is 6.42 Å². The Morgan fingerprint density at radius 2 is 1.58 bits per heavy atom. The zero-order valence-electron chi connectivity index (χ0n) is 6.37. The van der Waals surface area contributed by atoms with Crippen LogP contribution < -0.4 is 0 Å². The maximum atomic E-state index is 12.4. The number of alkyl halides is 5. The molecule has 0 aromatic carbocycles. The number of halogens is 5. The van der Waals surface area contributed by atoms with Gasteiger partial charge in [-0.15, -0.1) is 0 Å². The van der Waals surface area contributed by atoms with Gasteiger partial charge in [-0.25, -0.2) is 8.78 Å². The topological polar surface area (TPSA) is 0 Å². The van der Waals surface area contributed by atoms with E-state index in [1.165, 1.54) is 0 Å². The van der Waals surface area contributed by atoms with E-state index in [4.69, 9.17) is 0 Å². The summed E-state index contributed by atoms with van der Waals surface area (Å²) in [5.41, 5.74) is 0. The molecule has 12 heavy (non-hydrogen) atoms. The molecule has 0 nitrogen and oxygen atoms in total. The summed E-state index contributed by atoms with van der Waals surface area (Å²) in [5.74, 6) is 0. The highest BCUT2D eigenvalue weighted by atomic mass is 19.4. The highest BCUT2D eigenvalue weighted by molar-refractivity contribution is 4.70. The van der Waals surface area contributed by atoms with Gasteiger partial charge >= 0.3 is 6.18 Å². The zero-order chi connectivity index (χ0) is 9.78. The van der Waals surface area contributed by atoms with Gasteiger partial charge in [0.2, 0.25) is 0 Å². The Kier molecular flexibility index (Phi) is 4.49. The monoisotopic (exact) mass is 189 g/mol. The molecular weight excluding hydrogens is 179 g/mol. The van der Waals surface area contributed by atoms with Crippen LogP contribution in [-0.2, 0) is 0 Å². The third kappa shape index (κ3) is 5.32. The van der Waals surface area contributed by atoms with Crippen LogP contribution >= 0.6 is 0 Å². The lowest BCUT2D eigenvalue weighted by Gasteiger charge is -2.12. The minimum atomic E-state index is -4.41. The van der Waals surface area contributed by atoms with Crippen molar-refractivity contribution in [2.24, 2.45) is 0 Å². The van der Waals surface area contributed by atoms with Gasteiger partial charge in [-0.05, 0) is 12.8 Å². The average molecular weight is 189 g/mol. The molecule has 0 aliphatic heterocycles. The maximum absolute atomic E-state index is 12.4. The second-order valence-electron chi connectivity index (χ2n) is 2.47. The Balaban J connectivity index is 3.64. The van der Waals surface area contributed by atoms with E-state index in [1.54, 1.807) is 0 Å². The molecule has 1 unspecified atom stereocenters. The van der Waals surface area contributed by atoms with Gasteiger partial charge in [0.05, 0.1) is 0 Å². The third-order valence-electron chi connectivity index (χ3n) is 1.37. The van der Waals surface area contributed by atoms with Gasteiger partial charge in [0.1, 0.15) is 12.3 Å². The minimum Gasteiger partial charge on any atom is -0.244 e. The summed E-state index contributed by atoms with van der Waals surface area (Å²) in [6, 6.07) is 0. The molecule has 0 bridgehead atoms. The van der Waals surface area contributed by atoms with Gasteiger partial charge in [-0.3, -0.25) is 0 Å². The quantitative estimate of drug-likeness (QED) is 0.595. The van der Waals surface area contributed by atoms with E-state index in [9.17, 15) is 22.0 Å². The standard InChI is InChI=1S/C7H10F5/c1-2-5(8)6(9)3-4-7(10,11)12/h5-6H,1-4H2/t5?,6-/m0/s1. The molecule has 5 heteroatoms. The Morgan fingerprint density at radius 3 is 1.92 bits per heavy atom. The number of hydrogen-bond donors (Lipinski definition) is 0. The molecule has 0 aromatic heterocycles. The van der Waals surface area contributed by atoms with E-state index in [1.807, 2.05) is 0 Å². The van der Waals surface area contributed by atoms with Crippen molar-refractivity contribution in [3.05, 3.63) is 6.92 Å². The first-order valence-electron chi connectivity index (χ1n) is 3.51. The first-order chi connectivity index (χ1) is 5.37. The molecule has 0 amide bonds. The molecule has 1 radical (unpaired) electrons.